The van der Waals surface area contributed by atoms with Crippen LogP contribution in [0.2, 0.25) is 0 Å². The average molecular weight is 390 g/mol. The summed E-state index contributed by atoms with van der Waals surface area (Å²) in [6.07, 6.45) is -4.48. The van der Waals surface area contributed by atoms with E-state index in [1.807, 2.05) is 30.3 Å². The third-order valence-electron chi connectivity index (χ3n) is 3.31. The van der Waals surface area contributed by atoms with E-state index >= 15 is 0 Å². The van der Waals surface area contributed by atoms with Gasteiger partial charge >= 0.3 is 12.1 Å². The molecule has 0 aliphatic carbocycles. The molecule has 0 bridgehead atoms. The van der Waals surface area contributed by atoms with Gasteiger partial charge in [0.15, 0.2) is 6.61 Å². The van der Waals surface area contributed by atoms with Gasteiger partial charge in [0.2, 0.25) is 0 Å². The van der Waals surface area contributed by atoms with E-state index in [2.05, 4.69) is 4.74 Å². The molecule has 0 unspecified atom stereocenters. The summed E-state index contributed by atoms with van der Waals surface area (Å²) in [4.78, 5) is 11.4. The lowest BCUT2D eigenvalue weighted by Crippen LogP contribution is -2.36. The van der Waals surface area contributed by atoms with Gasteiger partial charge in [-0.1, -0.05) is 42.5 Å². The van der Waals surface area contributed by atoms with Gasteiger partial charge in [-0.05, 0) is 29.7 Å². The fourth-order valence-corrected chi connectivity index (χ4v) is 2.06. The quantitative estimate of drug-likeness (QED) is 0.734. The van der Waals surface area contributed by atoms with Crippen molar-refractivity contribution in [2.75, 3.05) is 6.61 Å². The third kappa shape index (κ3) is 7.76. The van der Waals surface area contributed by atoms with Crippen LogP contribution in [0.25, 0.3) is 0 Å². The topological polar surface area (TPSA) is 61.5 Å². The molecule has 0 radical (unpaired) electrons. The van der Waals surface area contributed by atoms with Gasteiger partial charge in [0.1, 0.15) is 18.4 Å². The van der Waals surface area contributed by atoms with Crippen molar-refractivity contribution in [2.24, 2.45) is 5.73 Å². The molecule has 0 aromatic heterocycles. The summed E-state index contributed by atoms with van der Waals surface area (Å²) in [6, 6.07) is 15.3. The molecule has 0 saturated carbocycles. The van der Waals surface area contributed by atoms with Crippen molar-refractivity contribution < 1.29 is 27.4 Å². The first-order valence-corrected chi connectivity index (χ1v) is 7.58. The predicted molar refractivity (Wildman–Crippen MR) is 93.2 cm³/mol. The molecule has 0 saturated heterocycles. The minimum atomic E-state index is -4.56. The maximum Gasteiger partial charge on any atom is 0.422 e. The second kappa shape index (κ2) is 10.0. The number of nitrogens with two attached hydrogens (primary N) is 1. The fraction of sp³-hybridized carbons (Fsp3) is 0.278. The van der Waals surface area contributed by atoms with E-state index in [4.69, 9.17) is 10.5 Å². The Balaban J connectivity index is 0.00000338. The van der Waals surface area contributed by atoms with E-state index in [1.54, 1.807) is 24.3 Å². The Morgan fingerprint density at radius 1 is 1.00 bits per heavy atom. The SMILES string of the molecule is Cl.N[C@@H](Cc1ccc(OCc2ccccc2)cc1)C(=O)OCC(F)(F)F. The molecule has 0 fully saturated rings. The van der Waals surface area contributed by atoms with Crippen molar-refractivity contribution in [3.8, 4) is 5.75 Å². The molecule has 0 aliphatic heterocycles. The Morgan fingerprint density at radius 2 is 1.62 bits per heavy atom. The molecule has 4 nitrogen and oxygen atoms in total. The highest BCUT2D eigenvalue weighted by Crippen LogP contribution is 2.17. The van der Waals surface area contributed by atoms with Crippen molar-refractivity contribution >= 4 is 18.4 Å². The van der Waals surface area contributed by atoms with E-state index in [0.717, 1.165) is 5.56 Å². The number of rotatable bonds is 7. The largest absolute Gasteiger partial charge is 0.489 e. The minimum Gasteiger partial charge on any atom is -0.489 e. The van der Waals surface area contributed by atoms with Crippen molar-refractivity contribution in [2.45, 2.75) is 25.2 Å². The second-order valence-electron chi connectivity index (χ2n) is 5.45. The summed E-state index contributed by atoms with van der Waals surface area (Å²) < 4.78 is 45.8. The highest BCUT2D eigenvalue weighted by atomic mass is 35.5. The Morgan fingerprint density at radius 3 is 2.19 bits per heavy atom. The number of hydrogen-bond acceptors (Lipinski definition) is 4. The van der Waals surface area contributed by atoms with Gasteiger partial charge in [0.25, 0.3) is 0 Å². The second-order valence-corrected chi connectivity index (χ2v) is 5.45. The summed E-state index contributed by atoms with van der Waals surface area (Å²) in [5.41, 5.74) is 7.30. The molecule has 2 aromatic carbocycles. The van der Waals surface area contributed by atoms with Crippen molar-refractivity contribution in [3.05, 3.63) is 65.7 Å². The van der Waals surface area contributed by atoms with Crippen LogP contribution in [-0.2, 0) is 22.6 Å². The Labute approximate surface area is 155 Å². The van der Waals surface area contributed by atoms with Crippen LogP contribution in [0.1, 0.15) is 11.1 Å². The summed E-state index contributed by atoms with van der Waals surface area (Å²) in [5.74, 6) is -0.442. The fourth-order valence-electron chi connectivity index (χ4n) is 2.06. The highest BCUT2D eigenvalue weighted by Gasteiger charge is 2.30. The molecule has 8 heteroatoms. The first-order chi connectivity index (χ1) is 11.8. The van der Waals surface area contributed by atoms with Gasteiger partial charge in [-0.2, -0.15) is 13.2 Å². The normalized spacial score (nSPS) is 12.0. The lowest BCUT2D eigenvalue weighted by Gasteiger charge is -2.13. The summed E-state index contributed by atoms with van der Waals surface area (Å²) in [5, 5.41) is 0. The molecule has 142 valence electrons. The standard InChI is InChI=1S/C18H18F3NO3.ClH/c19-18(20,21)12-25-17(23)16(22)10-13-6-8-15(9-7-13)24-11-14-4-2-1-3-5-14;/h1-9,16H,10-12,22H2;1H/t16-;/m0./s1. The number of alkyl halides is 3. The van der Waals surface area contributed by atoms with E-state index in [-0.39, 0.29) is 18.8 Å². The molecule has 0 spiro atoms. The van der Waals surface area contributed by atoms with Crippen LogP contribution in [0.3, 0.4) is 0 Å². The monoisotopic (exact) mass is 389 g/mol. The smallest absolute Gasteiger partial charge is 0.422 e. The first-order valence-electron chi connectivity index (χ1n) is 7.58. The van der Waals surface area contributed by atoms with E-state index in [0.29, 0.717) is 17.9 Å². The number of esters is 1. The number of ether oxygens (including phenoxy) is 2. The van der Waals surface area contributed by atoms with Crippen molar-refractivity contribution in [3.63, 3.8) is 0 Å². The Hall–Kier alpha value is -2.25. The molecular formula is C18H19ClF3NO3. The summed E-state index contributed by atoms with van der Waals surface area (Å²) in [7, 11) is 0. The third-order valence-corrected chi connectivity index (χ3v) is 3.31. The van der Waals surface area contributed by atoms with Gasteiger partial charge in [-0.15, -0.1) is 12.4 Å². The van der Waals surface area contributed by atoms with Crippen molar-refractivity contribution in [1.29, 1.82) is 0 Å². The lowest BCUT2D eigenvalue weighted by atomic mass is 10.1. The van der Waals surface area contributed by atoms with Crippen LogP contribution < -0.4 is 10.5 Å². The maximum atomic E-state index is 12.0. The molecule has 1 atom stereocenters. The Kier molecular flexibility index (Phi) is 8.41. The number of hydrogen-bond donors (Lipinski definition) is 1. The maximum absolute atomic E-state index is 12.0. The van der Waals surface area contributed by atoms with Gasteiger partial charge in [-0.25, -0.2) is 0 Å². The highest BCUT2D eigenvalue weighted by molar-refractivity contribution is 5.85. The number of carbonyl (C=O) groups is 1. The van der Waals surface area contributed by atoms with Crippen LogP contribution in [0.15, 0.2) is 54.6 Å². The van der Waals surface area contributed by atoms with Crippen LogP contribution in [0, 0.1) is 0 Å². The molecule has 0 amide bonds. The van der Waals surface area contributed by atoms with Gasteiger partial charge in [0.05, 0.1) is 0 Å². The zero-order valence-corrected chi connectivity index (χ0v) is 14.6. The van der Waals surface area contributed by atoms with E-state index < -0.39 is 24.8 Å². The molecule has 2 rings (SSSR count). The van der Waals surface area contributed by atoms with Crippen LogP contribution in [-0.4, -0.2) is 24.8 Å². The summed E-state index contributed by atoms with van der Waals surface area (Å²) in [6.45, 7) is -1.21. The van der Waals surface area contributed by atoms with E-state index in [9.17, 15) is 18.0 Å². The average Bonchev–Trinajstić information content (AvgIpc) is 2.59. The van der Waals surface area contributed by atoms with Gasteiger partial charge in [0, 0.05) is 0 Å². The molecule has 2 aromatic rings. The molecule has 26 heavy (non-hydrogen) atoms. The summed E-state index contributed by atoms with van der Waals surface area (Å²) >= 11 is 0. The number of benzene rings is 2. The van der Waals surface area contributed by atoms with Crippen molar-refractivity contribution in [1.82, 2.24) is 0 Å². The Bertz CT molecular complexity index is 678. The lowest BCUT2D eigenvalue weighted by molar-refractivity contribution is -0.187. The van der Waals surface area contributed by atoms with Crippen LogP contribution in [0.5, 0.6) is 5.75 Å². The van der Waals surface area contributed by atoms with E-state index in [1.165, 1.54) is 0 Å². The van der Waals surface area contributed by atoms with Crippen LogP contribution in [0.4, 0.5) is 13.2 Å². The number of halogens is 4. The zero-order valence-electron chi connectivity index (χ0n) is 13.7. The number of carbonyl (C=O) groups excluding carboxylic acids is 1. The zero-order chi connectivity index (χ0) is 18.3. The van der Waals surface area contributed by atoms with Gasteiger partial charge < -0.3 is 15.2 Å². The van der Waals surface area contributed by atoms with Gasteiger partial charge in [-0.3, -0.25) is 4.79 Å². The van der Waals surface area contributed by atoms with Crippen LogP contribution >= 0.6 is 12.4 Å². The molecule has 0 heterocycles. The predicted octanol–water partition coefficient (Wildman–Crippen LogP) is 3.66. The minimum absolute atomic E-state index is 0. The molecule has 2 N–H and O–H groups in total. The first kappa shape index (κ1) is 21.8. The molecular weight excluding hydrogens is 371 g/mol. The molecule has 0 aliphatic rings.